The molecule has 60 heavy (non-hydrogen) atoms. The number of fused-ring (bicyclic) bond motifs is 5. The van der Waals surface area contributed by atoms with Crippen molar-refractivity contribution >= 4 is 57.1 Å². The maximum absolute atomic E-state index is 8.48. The van der Waals surface area contributed by atoms with Gasteiger partial charge >= 0.3 is 0 Å². The normalized spacial score (nSPS) is 13.0. The average molecular weight is 979 g/mol. The number of furan rings is 1. The van der Waals surface area contributed by atoms with E-state index < -0.39 is 20.8 Å². The Morgan fingerprint density at radius 2 is 1.57 bits per heavy atom. The summed E-state index contributed by atoms with van der Waals surface area (Å²) in [5.41, 5.74) is 11.1. The van der Waals surface area contributed by atoms with Gasteiger partial charge in [0.05, 0.1) is 36.2 Å². The van der Waals surface area contributed by atoms with Crippen LogP contribution in [0.3, 0.4) is 0 Å². The molecule has 4 aromatic heterocycles. The van der Waals surface area contributed by atoms with Crippen molar-refractivity contribution in [2.45, 2.75) is 53.2 Å². The Balaban J connectivity index is 0.000000194. The van der Waals surface area contributed by atoms with E-state index in [0.717, 1.165) is 83.5 Å². The Labute approximate surface area is 372 Å². The van der Waals surface area contributed by atoms with Gasteiger partial charge in [-0.1, -0.05) is 142 Å². The van der Waals surface area contributed by atoms with Gasteiger partial charge in [0, 0.05) is 53.8 Å². The third-order valence-electron chi connectivity index (χ3n) is 10.8. The molecule has 6 aromatic carbocycles. The first-order chi connectivity index (χ1) is 30.1. The van der Waals surface area contributed by atoms with Crippen LogP contribution in [0.25, 0.3) is 83.3 Å². The van der Waals surface area contributed by atoms with Gasteiger partial charge in [-0.2, -0.15) is 0 Å². The summed E-state index contributed by atoms with van der Waals surface area (Å²) in [4.78, 5) is 14.4. The molecular weight excluding hydrogens is 929 g/mol. The van der Waals surface area contributed by atoms with Crippen LogP contribution >= 0.6 is 0 Å². The zero-order chi connectivity index (χ0) is 44.3. The van der Waals surface area contributed by atoms with Gasteiger partial charge in [-0.05, 0) is 58.9 Å². The second kappa shape index (κ2) is 16.6. The molecule has 0 spiro atoms. The minimum Gasteiger partial charge on any atom is -0.486 e. The van der Waals surface area contributed by atoms with Crippen LogP contribution in [0, 0.1) is 25.9 Å². The number of hydrogen-bond donors (Lipinski definition) is 0. The van der Waals surface area contributed by atoms with Gasteiger partial charge in [0.25, 0.3) is 0 Å². The van der Waals surface area contributed by atoms with Gasteiger partial charge in [-0.15, -0.1) is 53.6 Å². The molecule has 10 rings (SSSR count). The van der Waals surface area contributed by atoms with Gasteiger partial charge < -0.3 is 14.0 Å². The van der Waals surface area contributed by atoms with Gasteiger partial charge in [-0.25, -0.2) is 4.98 Å². The Bertz CT molecular complexity index is 3310. The van der Waals surface area contributed by atoms with Crippen LogP contribution in [0.1, 0.15) is 42.0 Å². The number of pyridine rings is 2. The Morgan fingerprint density at radius 1 is 0.783 bits per heavy atom. The quantitative estimate of drug-likeness (QED) is 0.123. The summed E-state index contributed by atoms with van der Waals surface area (Å²) >= 11 is 0. The van der Waals surface area contributed by atoms with Crippen LogP contribution in [-0.2, 0) is 20.1 Å². The summed E-state index contributed by atoms with van der Waals surface area (Å²) < 4.78 is 39.5. The van der Waals surface area contributed by atoms with E-state index in [1.165, 1.54) is 16.6 Å². The molecule has 10 aromatic rings. The Morgan fingerprint density at radius 3 is 2.33 bits per heavy atom. The SMILES string of the molecule is Cc1ccc2c(n1)oc1c(-c3nc4ccccc4n3-c3c(-c4ccccc4)ccc4ccccc34)[c-]ccc12.[2H]C([2H])([2H])c1c[c-]c(-c2cc(C([2H])(C)C)c([Si](C)(C)C)cn2)cc1.[Ir]. The number of imidazole rings is 1. The van der Waals surface area contributed by atoms with Crippen LogP contribution < -0.4 is 5.19 Å². The number of rotatable bonds is 6. The molecule has 0 atom stereocenters. The summed E-state index contributed by atoms with van der Waals surface area (Å²) in [6.45, 7) is 10.4. The van der Waals surface area contributed by atoms with E-state index >= 15 is 0 Å². The first-order valence-corrected chi connectivity index (χ1v) is 23.4. The zero-order valence-electron chi connectivity index (χ0n) is 38.4. The van der Waals surface area contributed by atoms with E-state index in [1.54, 1.807) is 12.1 Å². The minimum absolute atomic E-state index is 0. The number of aryl methyl sites for hydroxylation is 2. The van der Waals surface area contributed by atoms with Crippen LogP contribution in [0.4, 0.5) is 0 Å². The molecule has 5 nitrogen and oxygen atoms in total. The number of hydrogen-bond acceptors (Lipinski definition) is 4. The maximum atomic E-state index is 8.48. The zero-order valence-corrected chi connectivity index (χ0v) is 37.8. The van der Waals surface area contributed by atoms with Gasteiger partial charge in [0.15, 0.2) is 0 Å². The van der Waals surface area contributed by atoms with Crippen molar-refractivity contribution in [1.29, 1.82) is 0 Å². The Kier molecular flexibility index (Phi) is 9.92. The fraction of sp³-hybridized carbons (Fsp3) is 0.151. The minimum atomic E-state index is -2.13. The fourth-order valence-electron chi connectivity index (χ4n) is 7.85. The van der Waals surface area contributed by atoms with Crippen LogP contribution in [0.2, 0.25) is 19.6 Å². The molecule has 0 unspecified atom stereocenters. The molecule has 0 fully saturated rings. The van der Waals surface area contributed by atoms with Crippen molar-refractivity contribution in [2.24, 2.45) is 0 Å². The van der Waals surface area contributed by atoms with Crippen molar-refractivity contribution < 1.29 is 30.0 Å². The summed E-state index contributed by atoms with van der Waals surface area (Å²) in [5.74, 6) is 0.0671. The van der Waals surface area contributed by atoms with Crippen molar-refractivity contribution in [3.05, 3.63) is 175 Å². The monoisotopic (exact) mass is 979 g/mol. The molecule has 4 heterocycles. The smallest absolute Gasteiger partial charge is 0.216 e. The van der Waals surface area contributed by atoms with Crippen LogP contribution in [-0.4, -0.2) is 27.6 Å². The summed E-state index contributed by atoms with van der Waals surface area (Å²) in [5, 5.41) is 5.50. The predicted octanol–water partition coefficient (Wildman–Crippen LogP) is 13.4. The number of benzene rings is 6. The van der Waals surface area contributed by atoms with Gasteiger partial charge in [0.1, 0.15) is 0 Å². The molecule has 0 aliphatic heterocycles. The maximum Gasteiger partial charge on any atom is 0.216 e. The van der Waals surface area contributed by atoms with E-state index in [9.17, 15) is 0 Å². The molecule has 7 heteroatoms. The fourth-order valence-corrected chi connectivity index (χ4v) is 9.43. The molecular formula is C53H46IrN4OSi-2. The average Bonchev–Trinajstić information content (AvgIpc) is 3.83. The molecule has 0 saturated carbocycles. The standard InChI is InChI=1S/C35H22N3O.C18H24NSi.Ir/c1-22-18-20-28-27-14-9-15-29(33(27)39-35(28)36-22)34-37-30-16-7-8-17-31(30)38(34)32-25-13-6-5-12-24(25)19-21-26(32)23-10-3-2-4-11-23;1-13(2)16-11-17(15-9-7-14(3)8-10-15)19-12-18(16)20(4,5)6;/h2-14,16-21H,1H3;7-9,11-13H,1-6H3;/q2*-1;/i;3D3,13D;. The van der Waals surface area contributed by atoms with Crippen molar-refractivity contribution in [2.75, 3.05) is 0 Å². The molecule has 0 bridgehead atoms. The van der Waals surface area contributed by atoms with E-state index in [4.69, 9.17) is 14.9 Å². The second-order valence-electron chi connectivity index (χ2n) is 16.2. The second-order valence-corrected chi connectivity index (χ2v) is 21.2. The molecule has 1 radical (unpaired) electrons. The van der Waals surface area contributed by atoms with E-state index in [0.29, 0.717) is 5.71 Å². The number of nitrogens with zero attached hydrogens (tertiary/aromatic N) is 4. The third kappa shape index (κ3) is 7.65. The van der Waals surface area contributed by atoms with Crippen molar-refractivity contribution in [3.63, 3.8) is 0 Å². The summed E-state index contributed by atoms with van der Waals surface area (Å²) in [6.07, 6.45) is 1.89. The van der Waals surface area contributed by atoms with Gasteiger partial charge in [0.2, 0.25) is 5.71 Å². The first kappa shape index (κ1) is 35.9. The summed E-state index contributed by atoms with van der Waals surface area (Å²) in [7, 11) is -1.61. The van der Waals surface area contributed by atoms with Crippen molar-refractivity contribution in [1.82, 2.24) is 19.5 Å². The van der Waals surface area contributed by atoms with E-state index in [-0.39, 0.29) is 25.7 Å². The van der Waals surface area contributed by atoms with E-state index in [1.807, 2.05) is 57.3 Å². The molecule has 0 amide bonds. The molecule has 0 saturated heterocycles. The largest absolute Gasteiger partial charge is 0.486 e. The molecule has 299 valence electrons. The first-order valence-electron chi connectivity index (χ1n) is 21.9. The van der Waals surface area contributed by atoms with Crippen LogP contribution in [0.5, 0.6) is 0 Å². The molecule has 0 aliphatic carbocycles. The predicted molar refractivity (Wildman–Crippen MR) is 248 cm³/mol. The number of para-hydroxylation sites is 2. The third-order valence-corrected chi connectivity index (χ3v) is 12.8. The summed E-state index contributed by atoms with van der Waals surface area (Å²) in [6, 6.07) is 53.1. The van der Waals surface area contributed by atoms with Crippen molar-refractivity contribution in [3.8, 4) is 39.5 Å². The van der Waals surface area contributed by atoms with E-state index in [2.05, 4.69) is 137 Å². The van der Waals surface area contributed by atoms with Crippen LogP contribution in [0.15, 0.2) is 150 Å². The molecule has 0 aliphatic rings. The number of aromatic nitrogens is 4. The Hall–Kier alpha value is -5.98. The van der Waals surface area contributed by atoms with Gasteiger partial charge in [-0.3, -0.25) is 4.98 Å². The molecule has 0 N–H and O–H groups in total. The topological polar surface area (TPSA) is 56.7 Å².